The van der Waals surface area contributed by atoms with E-state index in [1.807, 2.05) is 0 Å². The lowest BCUT2D eigenvalue weighted by atomic mass is 10.1. The van der Waals surface area contributed by atoms with Gasteiger partial charge in [-0.05, 0) is 24.3 Å². The van der Waals surface area contributed by atoms with Gasteiger partial charge in [0.05, 0.1) is 0 Å². The molecule has 0 unspecified atom stereocenters. The number of nitrogens with zero attached hydrogens (tertiary/aromatic N) is 2. The third-order valence-electron chi connectivity index (χ3n) is 1.63. The maximum atomic E-state index is 10.4. The van der Waals surface area contributed by atoms with Gasteiger partial charge in [0.2, 0.25) is 0 Å². The van der Waals surface area contributed by atoms with Gasteiger partial charge in [0.15, 0.2) is 0 Å². The Kier molecular flexibility index (Phi) is 4.46. The Morgan fingerprint density at radius 3 is 1.80 bits per heavy atom. The summed E-state index contributed by atoms with van der Waals surface area (Å²) in [6.07, 6.45) is -1.92. The normalized spacial score (nSPS) is 9.40. The summed E-state index contributed by atoms with van der Waals surface area (Å²) in [5.41, 5.74) is 5.75. The predicted octanol–water partition coefficient (Wildman–Crippen LogP) is 1.24. The van der Waals surface area contributed by atoms with Crippen LogP contribution in [0.3, 0.4) is 0 Å². The Labute approximate surface area is 90.6 Å². The van der Waals surface area contributed by atoms with Crippen molar-refractivity contribution in [1.29, 1.82) is 0 Å². The van der Waals surface area contributed by atoms with E-state index in [9.17, 15) is 20.2 Å². The number of rotatable bonds is 3. The van der Waals surface area contributed by atoms with Crippen LogP contribution in [-0.4, -0.2) is 9.85 Å². The molecule has 8 heteroatoms. The molecule has 0 amide bonds. The fourth-order valence-electron chi connectivity index (χ4n) is 0.989. The van der Waals surface area contributed by atoms with Crippen LogP contribution < -0.4 is 5.73 Å². The second-order valence-corrected chi connectivity index (χ2v) is 2.61. The highest BCUT2D eigenvalue weighted by molar-refractivity contribution is 5.85. The zero-order chi connectivity index (χ0) is 10.7. The van der Waals surface area contributed by atoms with Crippen molar-refractivity contribution in [3.05, 3.63) is 50.1 Å². The SMILES string of the molecule is Cl.Nc1ccc(C([N+](=O)[O-])[N+](=O)[O-])cc1. The first-order valence-corrected chi connectivity index (χ1v) is 3.65. The predicted molar refractivity (Wildman–Crippen MR) is 54.8 cm³/mol. The minimum atomic E-state index is -1.92. The van der Waals surface area contributed by atoms with Crippen LogP contribution in [0.2, 0.25) is 0 Å². The number of hydrogen-bond acceptors (Lipinski definition) is 5. The third-order valence-corrected chi connectivity index (χ3v) is 1.63. The monoisotopic (exact) mass is 233 g/mol. The van der Waals surface area contributed by atoms with Crippen LogP contribution in [0.25, 0.3) is 0 Å². The molecule has 2 N–H and O–H groups in total. The van der Waals surface area contributed by atoms with E-state index in [0.717, 1.165) is 0 Å². The zero-order valence-corrected chi connectivity index (χ0v) is 8.22. The second kappa shape index (κ2) is 5.11. The van der Waals surface area contributed by atoms with Crippen LogP contribution in [0, 0.1) is 20.2 Å². The average Bonchev–Trinajstić information content (AvgIpc) is 2.07. The number of anilines is 1. The van der Waals surface area contributed by atoms with Crippen molar-refractivity contribution >= 4 is 18.1 Å². The number of nitro groups is 2. The number of benzene rings is 1. The Hall–Kier alpha value is -1.89. The van der Waals surface area contributed by atoms with Crippen LogP contribution in [0.5, 0.6) is 0 Å². The van der Waals surface area contributed by atoms with Crippen molar-refractivity contribution in [2.45, 2.75) is 6.17 Å². The lowest BCUT2D eigenvalue weighted by molar-refractivity contribution is -0.752. The molecule has 82 valence electrons. The lowest BCUT2D eigenvalue weighted by Crippen LogP contribution is -2.19. The molecular formula is C7H8ClN3O4. The molecule has 0 atom stereocenters. The highest BCUT2D eigenvalue weighted by Gasteiger charge is 2.34. The van der Waals surface area contributed by atoms with Gasteiger partial charge in [-0.1, -0.05) is 0 Å². The van der Waals surface area contributed by atoms with Gasteiger partial charge in [-0.15, -0.1) is 12.4 Å². The van der Waals surface area contributed by atoms with E-state index >= 15 is 0 Å². The quantitative estimate of drug-likeness (QED) is 0.365. The van der Waals surface area contributed by atoms with Gasteiger partial charge in [0, 0.05) is 5.69 Å². The van der Waals surface area contributed by atoms with Crippen LogP contribution >= 0.6 is 12.4 Å². The summed E-state index contributed by atoms with van der Waals surface area (Å²) in [4.78, 5) is 18.8. The van der Waals surface area contributed by atoms with Gasteiger partial charge in [0.25, 0.3) is 0 Å². The topological polar surface area (TPSA) is 112 Å². The summed E-state index contributed by atoms with van der Waals surface area (Å²) in [5.74, 6) is 0. The van der Waals surface area contributed by atoms with E-state index in [4.69, 9.17) is 5.73 Å². The first-order chi connectivity index (χ1) is 6.52. The van der Waals surface area contributed by atoms with Gasteiger partial charge >= 0.3 is 6.17 Å². The molecule has 1 aromatic carbocycles. The molecule has 15 heavy (non-hydrogen) atoms. The molecule has 0 radical (unpaired) electrons. The first kappa shape index (κ1) is 13.1. The van der Waals surface area contributed by atoms with Crippen molar-refractivity contribution in [2.75, 3.05) is 5.73 Å². The van der Waals surface area contributed by atoms with Crippen LogP contribution in [0.4, 0.5) is 5.69 Å². The Bertz CT molecular complexity index is 353. The highest BCUT2D eigenvalue weighted by atomic mass is 35.5. The Morgan fingerprint density at radius 1 is 1.07 bits per heavy atom. The number of halogens is 1. The van der Waals surface area contributed by atoms with E-state index in [1.165, 1.54) is 24.3 Å². The molecule has 0 aliphatic rings. The van der Waals surface area contributed by atoms with Gasteiger partial charge in [0.1, 0.15) is 15.4 Å². The summed E-state index contributed by atoms with van der Waals surface area (Å²) >= 11 is 0. The van der Waals surface area contributed by atoms with Gasteiger partial charge in [-0.2, -0.15) is 0 Å². The summed E-state index contributed by atoms with van der Waals surface area (Å²) in [6.45, 7) is 0. The molecule has 1 aromatic rings. The lowest BCUT2D eigenvalue weighted by Gasteiger charge is -2.01. The fourth-order valence-corrected chi connectivity index (χ4v) is 0.989. The molecule has 0 spiro atoms. The largest absolute Gasteiger partial charge is 0.476 e. The van der Waals surface area contributed by atoms with E-state index in [-0.39, 0.29) is 18.0 Å². The van der Waals surface area contributed by atoms with E-state index < -0.39 is 16.0 Å². The van der Waals surface area contributed by atoms with Crippen LogP contribution in [0.1, 0.15) is 11.7 Å². The number of hydrogen-bond donors (Lipinski definition) is 1. The summed E-state index contributed by atoms with van der Waals surface area (Å²) in [5, 5.41) is 20.7. The van der Waals surface area contributed by atoms with Crippen LogP contribution in [-0.2, 0) is 0 Å². The van der Waals surface area contributed by atoms with E-state index in [1.54, 1.807) is 0 Å². The minimum absolute atomic E-state index is 0. The number of nitrogen functional groups attached to an aromatic ring is 1. The summed E-state index contributed by atoms with van der Waals surface area (Å²) in [7, 11) is 0. The van der Waals surface area contributed by atoms with Crippen molar-refractivity contribution < 1.29 is 9.85 Å². The van der Waals surface area contributed by atoms with E-state index in [2.05, 4.69) is 0 Å². The molecule has 0 aromatic heterocycles. The van der Waals surface area contributed by atoms with Gasteiger partial charge in [-0.25, -0.2) is 0 Å². The number of nitrogens with two attached hydrogens (primary N) is 1. The molecule has 7 nitrogen and oxygen atoms in total. The highest BCUT2D eigenvalue weighted by Crippen LogP contribution is 2.18. The molecule has 0 fully saturated rings. The summed E-state index contributed by atoms with van der Waals surface area (Å²) < 4.78 is 0. The molecule has 1 rings (SSSR count). The van der Waals surface area contributed by atoms with Crippen molar-refractivity contribution in [2.24, 2.45) is 0 Å². The molecule has 0 saturated heterocycles. The van der Waals surface area contributed by atoms with Gasteiger partial charge < -0.3 is 5.73 Å². The standard InChI is InChI=1S/C7H7N3O4.ClH/c8-6-3-1-5(2-4-6)7(9(11)12)10(13)14;/h1-4,7H,8H2;1H. The Balaban J connectivity index is 0.00000196. The molecule has 0 aliphatic carbocycles. The maximum absolute atomic E-state index is 10.4. The molecule has 0 bridgehead atoms. The van der Waals surface area contributed by atoms with Crippen molar-refractivity contribution in [1.82, 2.24) is 0 Å². The minimum Gasteiger partial charge on any atom is -0.399 e. The Morgan fingerprint density at radius 2 is 1.47 bits per heavy atom. The van der Waals surface area contributed by atoms with Crippen LogP contribution in [0.15, 0.2) is 24.3 Å². The maximum Gasteiger partial charge on any atom is 0.476 e. The zero-order valence-electron chi connectivity index (χ0n) is 7.40. The third kappa shape index (κ3) is 3.06. The van der Waals surface area contributed by atoms with Crippen molar-refractivity contribution in [3.63, 3.8) is 0 Å². The molecular weight excluding hydrogens is 226 g/mol. The fraction of sp³-hybridized carbons (Fsp3) is 0.143. The first-order valence-electron chi connectivity index (χ1n) is 3.65. The summed E-state index contributed by atoms with van der Waals surface area (Å²) in [6, 6.07) is 5.31. The average molecular weight is 234 g/mol. The molecule has 0 aliphatic heterocycles. The molecule has 0 saturated carbocycles. The smallest absolute Gasteiger partial charge is 0.399 e. The van der Waals surface area contributed by atoms with Gasteiger partial charge in [-0.3, -0.25) is 20.2 Å². The molecule has 0 heterocycles. The van der Waals surface area contributed by atoms with Crippen molar-refractivity contribution in [3.8, 4) is 0 Å². The van der Waals surface area contributed by atoms with E-state index in [0.29, 0.717) is 5.69 Å². The second-order valence-electron chi connectivity index (χ2n) is 2.61.